The Labute approximate surface area is 211 Å². The minimum atomic E-state index is -1.50. The minimum Gasteiger partial charge on any atom is -0.496 e. The molecule has 2 aromatic carbocycles. The first-order chi connectivity index (χ1) is 17.0. The van der Waals surface area contributed by atoms with Gasteiger partial charge >= 0.3 is 12.1 Å². The zero-order chi connectivity index (χ0) is 26.9. The summed E-state index contributed by atoms with van der Waals surface area (Å²) in [6.07, 6.45) is -2.07. The summed E-state index contributed by atoms with van der Waals surface area (Å²) in [6, 6.07) is 10.1. The fourth-order valence-corrected chi connectivity index (χ4v) is 3.62. The van der Waals surface area contributed by atoms with Gasteiger partial charge in [0, 0.05) is 18.2 Å². The molecule has 0 fully saturated rings. The van der Waals surface area contributed by atoms with E-state index in [4.69, 9.17) is 18.9 Å². The molecule has 0 saturated heterocycles. The summed E-state index contributed by atoms with van der Waals surface area (Å²) in [5.41, 5.74) is 0.637. The average Bonchev–Trinajstić information content (AvgIpc) is 2.82. The number of benzene rings is 2. The van der Waals surface area contributed by atoms with Gasteiger partial charge in [0.25, 0.3) is 0 Å². The number of carbonyl (C=O) groups is 2. The fourth-order valence-electron chi connectivity index (χ4n) is 3.62. The Morgan fingerprint density at radius 1 is 0.944 bits per heavy atom. The van der Waals surface area contributed by atoms with E-state index in [2.05, 4.69) is 10.6 Å². The highest BCUT2D eigenvalue weighted by Crippen LogP contribution is 2.34. The van der Waals surface area contributed by atoms with E-state index in [-0.39, 0.29) is 13.0 Å². The van der Waals surface area contributed by atoms with Crippen molar-refractivity contribution >= 4 is 12.1 Å². The number of methoxy groups -OCH3 is 3. The third kappa shape index (κ3) is 8.31. The van der Waals surface area contributed by atoms with Gasteiger partial charge in [-0.2, -0.15) is 0 Å². The Morgan fingerprint density at radius 2 is 1.53 bits per heavy atom. The number of nitrogens with one attached hydrogen (secondary N) is 2. The quantitative estimate of drug-likeness (QED) is 0.344. The van der Waals surface area contributed by atoms with Crippen molar-refractivity contribution in [3.05, 3.63) is 53.6 Å². The number of carbonyl (C=O) groups excluding carboxylic acids is 1. The van der Waals surface area contributed by atoms with Crippen LogP contribution in [-0.4, -0.2) is 67.4 Å². The SMILES string of the molecule is COc1cc(OC)c(OC)cc1CN[C@@H](C(=O)O)[C@H](O)[C@H](Cc1ccccc1)NC(=O)OC(C)(C)C. The molecule has 36 heavy (non-hydrogen) atoms. The molecule has 2 aromatic rings. The number of carboxylic acid groups (broad SMARTS) is 1. The molecule has 0 aliphatic carbocycles. The smallest absolute Gasteiger partial charge is 0.407 e. The second-order valence-electron chi connectivity index (χ2n) is 9.15. The van der Waals surface area contributed by atoms with Gasteiger partial charge in [-0.05, 0) is 38.8 Å². The zero-order valence-electron chi connectivity index (χ0n) is 21.5. The molecular formula is C26H36N2O8. The van der Waals surface area contributed by atoms with Crippen molar-refractivity contribution in [3.8, 4) is 17.2 Å². The molecule has 0 aromatic heterocycles. The van der Waals surface area contributed by atoms with Gasteiger partial charge in [-0.25, -0.2) is 4.79 Å². The standard InChI is InChI=1S/C26H36N2O8/c1-26(2,3)36-25(32)28-18(12-16-10-8-7-9-11-16)23(29)22(24(30)31)27-15-17-13-20(34-5)21(35-6)14-19(17)33-4/h7-11,13-14,18,22-23,27,29H,12,15H2,1-6H3,(H,28,32)(H,30,31)/t18-,22+,23+/m0/s1. The first kappa shape index (κ1) is 28.7. The predicted molar refractivity (Wildman–Crippen MR) is 134 cm³/mol. The zero-order valence-corrected chi connectivity index (χ0v) is 21.5. The molecule has 3 atom stereocenters. The molecule has 0 aliphatic heterocycles. The molecule has 198 valence electrons. The molecule has 0 spiro atoms. The molecule has 10 nitrogen and oxygen atoms in total. The molecule has 10 heteroatoms. The number of hydrogen-bond acceptors (Lipinski definition) is 8. The molecule has 2 rings (SSSR count). The maximum atomic E-state index is 12.5. The van der Waals surface area contributed by atoms with Gasteiger partial charge in [0.1, 0.15) is 23.5 Å². The molecule has 0 unspecified atom stereocenters. The monoisotopic (exact) mass is 504 g/mol. The summed E-state index contributed by atoms with van der Waals surface area (Å²) >= 11 is 0. The second-order valence-corrected chi connectivity index (χ2v) is 9.15. The molecule has 0 saturated carbocycles. The lowest BCUT2D eigenvalue weighted by Crippen LogP contribution is -2.57. The Morgan fingerprint density at radius 3 is 2.06 bits per heavy atom. The second kappa shape index (κ2) is 13.0. The van der Waals surface area contributed by atoms with E-state index >= 15 is 0 Å². The number of carboxylic acids is 1. The van der Waals surface area contributed by atoms with Crippen LogP contribution in [0.2, 0.25) is 0 Å². The summed E-state index contributed by atoms with van der Waals surface area (Å²) in [7, 11) is 4.47. The van der Waals surface area contributed by atoms with Crippen LogP contribution in [0.15, 0.2) is 42.5 Å². The van der Waals surface area contributed by atoms with E-state index in [9.17, 15) is 19.8 Å². The third-order valence-corrected chi connectivity index (χ3v) is 5.32. The minimum absolute atomic E-state index is 0.0298. The van der Waals surface area contributed by atoms with E-state index in [0.29, 0.717) is 22.8 Å². The highest BCUT2D eigenvalue weighted by molar-refractivity contribution is 5.75. The van der Waals surface area contributed by atoms with Gasteiger partial charge in [0.15, 0.2) is 11.5 Å². The average molecular weight is 505 g/mol. The summed E-state index contributed by atoms with van der Waals surface area (Å²) < 4.78 is 21.4. The van der Waals surface area contributed by atoms with Crippen molar-refractivity contribution < 1.29 is 38.7 Å². The van der Waals surface area contributed by atoms with E-state index in [1.165, 1.54) is 21.3 Å². The van der Waals surface area contributed by atoms with Gasteiger partial charge in [0.05, 0.1) is 27.4 Å². The van der Waals surface area contributed by atoms with Crippen molar-refractivity contribution in [2.45, 2.75) is 57.5 Å². The van der Waals surface area contributed by atoms with Crippen LogP contribution in [0.4, 0.5) is 4.79 Å². The number of aliphatic hydroxyl groups is 1. The molecule has 0 heterocycles. The molecule has 0 bridgehead atoms. The Kier molecular flexibility index (Phi) is 10.4. The van der Waals surface area contributed by atoms with Crippen molar-refractivity contribution in [1.82, 2.24) is 10.6 Å². The number of aliphatic carboxylic acids is 1. The molecule has 1 amide bonds. The largest absolute Gasteiger partial charge is 0.496 e. The van der Waals surface area contributed by atoms with Crippen molar-refractivity contribution in [2.24, 2.45) is 0 Å². The molecule has 0 radical (unpaired) electrons. The van der Waals surface area contributed by atoms with Crippen LogP contribution in [0.1, 0.15) is 31.9 Å². The lowest BCUT2D eigenvalue weighted by molar-refractivity contribution is -0.143. The van der Waals surface area contributed by atoms with Crippen LogP contribution >= 0.6 is 0 Å². The van der Waals surface area contributed by atoms with Crippen LogP contribution in [0, 0.1) is 0 Å². The number of aliphatic hydroxyl groups excluding tert-OH is 1. The molecular weight excluding hydrogens is 468 g/mol. The normalized spacial score (nSPS) is 13.8. The number of hydrogen-bond donors (Lipinski definition) is 4. The summed E-state index contributed by atoms with van der Waals surface area (Å²) in [5.74, 6) is 0.0611. The fraction of sp³-hybridized carbons (Fsp3) is 0.462. The molecule has 0 aliphatic rings. The first-order valence-electron chi connectivity index (χ1n) is 11.5. The van der Waals surface area contributed by atoms with Crippen molar-refractivity contribution in [3.63, 3.8) is 0 Å². The van der Waals surface area contributed by atoms with Crippen LogP contribution in [0.5, 0.6) is 17.2 Å². The highest BCUT2D eigenvalue weighted by atomic mass is 16.6. The lowest BCUT2D eigenvalue weighted by atomic mass is 9.96. The highest BCUT2D eigenvalue weighted by Gasteiger charge is 2.35. The van der Waals surface area contributed by atoms with Gasteiger partial charge in [0.2, 0.25) is 0 Å². The van der Waals surface area contributed by atoms with Gasteiger partial charge < -0.3 is 34.5 Å². The number of ether oxygens (including phenoxy) is 4. The maximum absolute atomic E-state index is 12.5. The maximum Gasteiger partial charge on any atom is 0.407 e. The topological polar surface area (TPSA) is 136 Å². The lowest BCUT2D eigenvalue weighted by Gasteiger charge is -2.30. The van der Waals surface area contributed by atoms with E-state index in [1.807, 2.05) is 30.3 Å². The van der Waals surface area contributed by atoms with Crippen molar-refractivity contribution in [1.29, 1.82) is 0 Å². The first-order valence-corrected chi connectivity index (χ1v) is 11.5. The van der Waals surface area contributed by atoms with Crippen LogP contribution in [0.3, 0.4) is 0 Å². The number of alkyl carbamates (subject to hydrolysis) is 1. The van der Waals surface area contributed by atoms with E-state index < -0.39 is 35.9 Å². The summed E-state index contributed by atoms with van der Waals surface area (Å²) in [5, 5.41) is 26.6. The van der Waals surface area contributed by atoms with E-state index in [0.717, 1.165) is 5.56 Å². The number of amides is 1. The Hall–Kier alpha value is -3.50. The van der Waals surface area contributed by atoms with Crippen LogP contribution < -0.4 is 24.8 Å². The van der Waals surface area contributed by atoms with E-state index in [1.54, 1.807) is 32.9 Å². The summed E-state index contributed by atoms with van der Waals surface area (Å²) in [6.45, 7) is 5.18. The van der Waals surface area contributed by atoms with Crippen LogP contribution in [0.25, 0.3) is 0 Å². The molecule has 4 N–H and O–H groups in total. The van der Waals surface area contributed by atoms with Crippen molar-refractivity contribution in [2.75, 3.05) is 21.3 Å². The van der Waals surface area contributed by atoms with Crippen LogP contribution in [-0.2, 0) is 22.5 Å². The Balaban J connectivity index is 2.29. The Bertz CT molecular complexity index is 1010. The van der Waals surface area contributed by atoms with Gasteiger partial charge in [-0.1, -0.05) is 30.3 Å². The van der Waals surface area contributed by atoms with Gasteiger partial charge in [-0.3, -0.25) is 10.1 Å². The summed E-state index contributed by atoms with van der Waals surface area (Å²) in [4.78, 5) is 24.7. The number of rotatable bonds is 12. The van der Waals surface area contributed by atoms with Gasteiger partial charge in [-0.15, -0.1) is 0 Å². The predicted octanol–water partition coefficient (Wildman–Crippen LogP) is 2.75. The third-order valence-electron chi connectivity index (χ3n) is 5.32.